The molecule has 3 nitrogen and oxygen atoms in total. The first kappa shape index (κ1) is 13.5. The smallest absolute Gasteiger partial charge is 0.228 e. The minimum atomic E-state index is -0.250. The molecule has 0 bridgehead atoms. The molecular formula is C13H26N2O. The van der Waals surface area contributed by atoms with Crippen LogP contribution in [-0.2, 0) is 4.79 Å². The predicted octanol–water partition coefficient (Wildman–Crippen LogP) is 2.02. The van der Waals surface area contributed by atoms with E-state index in [1.807, 2.05) is 20.8 Å². The van der Waals surface area contributed by atoms with Gasteiger partial charge in [0, 0.05) is 18.0 Å². The molecule has 16 heavy (non-hydrogen) atoms. The number of nitrogens with one attached hydrogen (secondary N) is 1. The quantitative estimate of drug-likeness (QED) is 0.798. The van der Waals surface area contributed by atoms with Crippen LogP contribution in [0.2, 0.25) is 0 Å². The van der Waals surface area contributed by atoms with Gasteiger partial charge in [-0.25, -0.2) is 0 Å². The minimum absolute atomic E-state index is 0.250. The van der Waals surface area contributed by atoms with Crippen LogP contribution in [0.3, 0.4) is 0 Å². The molecule has 0 aliphatic carbocycles. The molecule has 0 aromatic rings. The van der Waals surface area contributed by atoms with Gasteiger partial charge >= 0.3 is 0 Å². The number of hydrogen-bond acceptors (Lipinski definition) is 2. The Morgan fingerprint density at radius 1 is 1.31 bits per heavy atom. The summed E-state index contributed by atoms with van der Waals surface area (Å²) in [4.78, 5) is 14.5. The van der Waals surface area contributed by atoms with E-state index in [1.165, 1.54) is 0 Å². The predicted molar refractivity (Wildman–Crippen MR) is 67.4 cm³/mol. The Kier molecular flexibility index (Phi) is 4.78. The fourth-order valence-corrected chi connectivity index (χ4v) is 2.24. The van der Waals surface area contributed by atoms with Gasteiger partial charge in [-0.05, 0) is 32.4 Å². The van der Waals surface area contributed by atoms with Gasteiger partial charge in [-0.2, -0.15) is 0 Å². The highest BCUT2D eigenvalue weighted by molar-refractivity contribution is 5.81. The maximum atomic E-state index is 12.4. The lowest BCUT2D eigenvalue weighted by Crippen LogP contribution is -2.50. The fourth-order valence-electron chi connectivity index (χ4n) is 2.24. The Morgan fingerprint density at radius 3 is 2.31 bits per heavy atom. The van der Waals surface area contributed by atoms with Gasteiger partial charge in [0.25, 0.3) is 0 Å². The van der Waals surface area contributed by atoms with E-state index in [2.05, 4.69) is 17.1 Å². The summed E-state index contributed by atoms with van der Waals surface area (Å²) in [6, 6.07) is 0.452. The Labute approximate surface area is 99.6 Å². The zero-order chi connectivity index (χ0) is 12.2. The van der Waals surface area contributed by atoms with Crippen molar-refractivity contribution in [2.24, 2.45) is 5.41 Å². The third-order valence-corrected chi connectivity index (χ3v) is 3.12. The summed E-state index contributed by atoms with van der Waals surface area (Å²) in [7, 11) is 0. The van der Waals surface area contributed by atoms with Crippen LogP contribution in [0.5, 0.6) is 0 Å². The topological polar surface area (TPSA) is 32.3 Å². The number of hydrogen-bond donors (Lipinski definition) is 1. The molecule has 0 spiro atoms. The molecule has 1 fully saturated rings. The minimum Gasteiger partial charge on any atom is -0.339 e. The van der Waals surface area contributed by atoms with Crippen molar-refractivity contribution in [1.82, 2.24) is 10.2 Å². The van der Waals surface area contributed by atoms with E-state index in [1.54, 1.807) is 0 Å². The third kappa shape index (κ3) is 3.48. The molecule has 1 aliphatic rings. The Balaban J connectivity index is 2.69. The second-order valence-electron chi connectivity index (χ2n) is 5.73. The number of carbonyl (C=O) groups excluding carboxylic acids is 1. The van der Waals surface area contributed by atoms with Crippen molar-refractivity contribution < 1.29 is 4.79 Å². The average molecular weight is 226 g/mol. The van der Waals surface area contributed by atoms with Gasteiger partial charge in [-0.1, -0.05) is 27.7 Å². The van der Waals surface area contributed by atoms with Crippen LogP contribution >= 0.6 is 0 Å². The Morgan fingerprint density at radius 2 is 1.88 bits per heavy atom. The van der Waals surface area contributed by atoms with Crippen LogP contribution in [0.1, 0.15) is 47.0 Å². The van der Waals surface area contributed by atoms with E-state index in [-0.39, 0.29) is 5.41 Å². The summed E-state index contributed by atoms with van der Waals surface area (Å²) in [5.41, 5.74) is -0.250. The SMILES string of the molecule is CCCN(C(=O)C(C)(C)C)C1CCNCC1. The highest BCUT2D eigenvalue weighted by Crippen LogP contribution is 2.22. The maximum Gasteiger partial charge on any atom is 0.228 e. The molecular weight excluding hydrogens is 200 g/mol. The lowest BCUT2D eigenvalue weighted by atomic mass is 9.92. The third-order valence-electron chi connectivity index (χ3n) is 3.12. The molecule has 0 saturated carbocycles. The lowest BCUT2D eigenvalue weighted by molar-refractivity contribution is -0.142. The summed E-state index contributed by atoms with van der Waals surface area (Å²) in [6.07, 6.45) is 3.25. The Bertz CT molecular complexity index is 227. The van der Waals surface area contributed by atoms with Crippen molar-refractivity contribution in [2.75, 3.05) is 19.6 Å². The zero-order valence-corrected chi connectivity index (χ0v) is 11.2. The fraction of sp³-hybridized carbons (Fsp3) is 0.923. The largest absolute Gasteiger partial charge is 0.339 e. The molecule has 1 saturated heterocycles. The van der Waals surface area contributed by atoms with Crippen molar-refractivity contribution in [2.45, 2.75) is 53.0 Å². The summed E-state index contributed by atoms with van der Waals surface area (Å²) in [5.74, 6) is 0.307. The van der Waals surface area contributed by atoms with Gasteiger partial charge in [0.05, 0.1) is 0 Å². The molecule has 1 heterocycles. The summed E-state index contributed by atoms with van der Waals surface area (Å²) in [6.45, 7) is 11.2. The van der Waals surface area contributed by atoms with Crippen LogP contribution in [0.4, 0.5) is 0 Å². The van der Waals surface area contributed by atoms with E-state index in [4.69, 9.17) is 0 Å². The van der Waals surface area contributed by atoms with E-state index in [9.17, 15) is 4.79 Å². The molecule has 1 rings (SSSR count). The van der Waals surface area contributed by atoms with Crippen LogP contribution in [0, 0.1) is 5.41 Å². The number of nitrogens with zero attached hydrogens (tertiary/aromatic N) is 1. The van der Waals surface area contributed by atoms with Crippen molar-refractivity contribution in [1.29, 1.82) is 0 Å². The van der Waals surface area contributed by atoms with Crippen molar-refractivity contribution in [3.8, 4) is 0 Å². The van der Waals surface area contributed by atoms with E-state index >= 15 is 0 Å². The monoisotopic (exact) mass is 226 g/mol. The van der Waals surface area contributed by atoms with Gasteiger partial charge in [-0.3, -0.25) is 4.79 Å². The molecule has 0 atom stereocenters. The zero-order valence-electron chi connectivity index (χ0n) is 11.2. The highest BCUT2D eigenvalue weighted by Gasteiger charge is 2.31. The van der Waals surface area contributed by atoms with Crippen LogP contribution < -0.4 is 5.32 Å². The molecule has 1 N–H and O–H groups in total. The number of piperidine rings is 1. The van der Waals surface area contributed by atoms with Crippen molar-refractivity contribution in [3.05, 3.63) is 0 Å². The molecule has 94 valence electrons. The molecule has 1 aliphatic heterocycles. The highest BCUT2D eigenvalue weighted by atomic mass is 16.2. The molecule has 1 amide bonds. The van der Waals surface area contributed by atoms with Gasteiger partial charge in [0.15, 0.2) is 0 Å². The molecule has 0 aromatic heterocycles. The first-order valence-electron chi connectivity index (χ1n) is 6.48. The van der Waals surface area contributed by atoms with E-state index < -0.39 is 0 Å². The number of carbonyl (C=O) groups is 1. The molecule has 0 unspecified atom stereocenters. The second kappa shape index (κ2) is 5.67. The maximum absolute atomic E-state index is 12.4. The van der Waals surface area contributed by atoms with E-state index in [0.717, 1.165) is 38.9 Å². The first-order chi connectivity index (χ1) is 7.46. The summed E-state index contributed by atoms with van der Waals surface area (Å²) < 4.78 is 0. The van der Waals surface area contributed by atoms with Crippen LogP contribution in [0.25, 0.3) is 0 Å². The van der Waals surface area contributed by atoms with Crippen LogP contribution in [-0.4, -0.2) is 36.5 Å². The van der Waals surface area contributed by atoms with Crippen molar-refractivity contribution in [3.63, 3.8) is 0 Å². The summed E-state index contributed by atoms with van der Waals surface area (Å²) in [5, 5.41) is 3.35. The molecule has 0 radical (unpaired) electrons. The first-order valence-corrected chi connectivity index (χ1v) is 6.48. The lowest BCUT2D eigenvalue weighted by Gasteiger charge is -2.38. The molecule has 0 aromatic carbocycles. The van der Waals surface area contributed by atoms with Crippen molar-refractivity contribution >= 4 is 5.91 Å². The number of rotatable bonds is 3. The number of amides is 1. The Hall–Kier alpha value is -0.570. The van der Waals surface area contributed by atoms with Gasteiger partial charge in [0.2, 0.25) is 5.91 Å². The standard InChI is InChI=1S/C13H26N2O/c1-5-10-15(12(16)13(2,3)4)11-6-8-14-9-7-11/h11,14H,5-10H2,1-4H3. The van der Waals surface area contributed by atoms with Gasteiger partial charge in [0.1, 0.15) is 0 Å². The van der Waals surface area contributed by atoms with Gasteiger partial charge < -0.3 is 10.2 Å². The summed E-state index contributed by atoms with van der Waals surface area (Å²) >= 11 is 0. The second-order valence-corrected chi connectivity index (χ2v) is 5.73. The van der Waals surface area contributed by atoms with E-state index in [0.29, 0.717) is 11.9 Å². The molecule has 3 heteroatoms. The normalized spacial score (nSPS) is 18.5. The average Bonchev–Trinajstić information content (AvgIpc) is 2.25. The van der Waals surface area contributed by atoms with Gasteiger partial charge in [-0.15, -0.1) is 0 Å². The van der Waals surface area contributed by atoms with Crippen LogP contribution in [0.15, 0.2) is 0 Å².